The molecule has 1 aromatic carbocycles. The SMILES string of the molecule is CCCCNC(=S)Nc1ccc(C)c(N(C)C)c1. The summed E-state index contributed by atoms with van der Waals surface area (Å²) in [7, 11) is 4.09. The summed E-state index contributed by atoms with van der Waals surface area (Å²) in [5, 5.41) is 7.11. The summed E-state index contributed by atoms with van der Waals surface area (Å²) in [6.45, 7) is 5.20. The zero-order valence-corrected chi connectivity index (χ0v) is 12.5. The Morgan fingerprint density at radius 2 is 2.06 bits per heavy atom. The molecular formula is C14H23N3S. The Labute approximate surface area is 116 Å². The van der Waals surface area contributed by atoms with Crippen molar-refractivity contribution < 1.29 is 0 Å². The zero-order valence-electron chi connectivity index (χ0n) is 11.7. The van der Waals surface area contributed by atoms with Crippen LogP contribution >= 0.6 is 12.2 Å². The summed E-state index contributed by atoms with van der Waals surface area (Å²) in [4.78, 5) is 2.11. The van der Waals surface area contributed by atoms with Crippen LogP contribution in [0.25, 0.3) is 0 Å². The fourth-order valence-electron chi connectivity index (χ4n) is 1.72. The second-order valence-electron chi connectivity index (χ2n) is 4.63. The summed E-state index contributed by atoms with van der Waals surface area (Å²) >= 11 is 5.26. The van der Waals surface area contributed by atoms with E-state index in [1.54, 1.807) is 0 Å². The lowest BCUT2D eigenvalue weighted by atomic mass is 10.1. The van der Waals surface area contributed by atoms with Crippen LogP contribution in [0.3, 0.4) is 0 Å². The van der Waals surface area contributed by atoms with Gasteiger partial charge in [-0.15, -0.1) is 0 Å². The highest BCUT2D eigenvalue weighted by atomic mass is 32.1. The van der Waals surface area contributed by atoms with Crippen LogP contribution in [-0.2, 0) is 0 Å². The Morgan fingerprint density at radius 3 is 2.67 bits per heavy atom. The highest BCUT2D eigenvalue weighted by Crippen LogP contribution is 2.22. The number of benzene rings is 1. The number of hydrogen-bond acceptors (Lipinski definition) is 2. The summed E-state index contributed by atoms with van der Waals surface area (Å²) in [5.41, 5.74) is 3.49. The monoisotopic (exact) mass is 265 g/mol. The first kappa shape index (κ1) is 14.8. The van der Waals surface area contributed by atoms with Crippen molar-refractivity contribution in [2.45, 2.75) is 26.7 Å². The number of rotatable bonds is 5. The number of hydrogen-bond donors (Lipinski definition) is 2. The zero-order chi connectivity index (χ0) is 13.5. The maximum absolute atomic E-state index is 5.26. The van der Waals surface area contributed by atoms with E-state index in [2.05, 4.69) is 47.6 Å². The normalized spacial score (nSPS) is 10.0. The molecule has 18 heavy (non-hydrogen) atoms. The Kier molecular flexibility index (Phi) is 5.92. The van der Waals surface area contributed by atoms with E-state index in [0.29, 0.717) is 5.11 Å². The third-order valence-corrected chi connectivity index (χ3v) is 3.01. The molecule has 3 nitrogen and oxygen atoms in total. The Hall–Kier alpha value is -1.29. The molecule has 2 N–H and O–H groups in total. The first-order chi connectivity index (χ1) is 8.54. The number of nitrogens with zero attached hydrogens (tertiary/aromatic N) is 1. The minimum atomic E-state index is 0.692. The molecule has 1 rings (SSSR count). The van der Waals surface area contributed by atoms with E-state index < -0.39 is 0 Å². The van der Waals surface area contributed by atoms with Gasteiger partial charge in [0.2, 0.25) is 0 Å². The average molecular weight is 265 g/mol. The van der Waals surface area contributed by atoms with Crippen LogP contribution in [0, 0.1) is 6.92 Å². The van der Waals surface area contributed by atoms with E-state index in [4.69, 9.17) is 12.2 Å². The average Bonchev–Trinajstić information content (AvgIpc) is 2.31. The van der Waals surface area contributed by atoms with Gasteiger partial charge in [-0.25, -0.2) is 0 Å². The molecule has 0 aliphatic heterocycles. The van der Waals surface area contributed by atoms with Crippen LogP contribution in [0.5, 0.6) is 0 Å². The van der Waals surface area contributed by atoms with Gasteiger partial charge >= 0.3 is 0 Å². The summed E-state index contributed by atoms with van der Waals surface area (Å²) < 4.78 is 0. The minimum Gasteiger partial charge on any atom is -0.377 e. The van der Waals surface area contributed by atoms with Crippen molar-refractivity contribution in [2.75, 3.05) is 30.9 Å². The van der Waals surface area contributed by atoms with E-state index in [1.165, 1.54) is 17.7 Å². The van der Waals surface area contributed by atoms with Gasteiger partial charge in [0.05, 0.1) is 0 Å². The maximum Gasteiger partial charge on any atom is 0.170 e. The molecule has 4 heteroatoms. The Bertz CT molecular complexity index is 402. The van der Waals surface area contributed by atoms with Gasteiger partial charge in [-0.05, 0) is 43.3 Å². The van der Waals surface area contributed by atoms with Gasteiger partial charge in [0.15, 0.2) is 5.11 Å². The van der Waals surface area contributed by atoms with Gasteiger partial charge in [0.1, 0.15) is 0 Å². The van der Waals surface area contributed by atoms with Crippen molar-refractivity contribution >= 4 is 28.7 Å². The van der Waals surface area contributed by atoms with Crippen LogP contribution in [0.2, 0.25) is 0 Å². The molecule has 0 atom stereocenters. The van der Waals surface area contributed by atoms with Gasteiger partial charge in [0, 0.05) is 32.0 Å². The Morgan fingerprint density at radius 1 is 1.33 bits per heavy atom. The van der Waals surface area contributed by atoms with Crippen molar-refractivity contribution in [1.29, 1.82) is 0 Å². The topological polar surface area (TPSA) is 27.3 Å². The molecule has 0 saturated heterocycles. The molecule has 100 valence electrons. The van der Waals surface area contributed by atoms with E-state index in [1.807, 2.05) is 14.1 Å². The third-order valence-electron chi connectivity index (χ3n) is 2.76. The second kappa shape index (κ2) is 7.21. The van der Waals surface area contributed by atoms with Crippen LogP contribution in [0.4, 0.5) is 11.4 Å². The minimum absolute atomic E-state index is 0.692. The van der Waals surface area contributed by atoms with E-state index in [0.717, 1.165) is 18.7 Å². The molecule has 1 aromatic rings. The number of aryl methyl sites for hydroxylation is 1. The summed E-state index contributed by atoms with van der Waals surface area (Å²) in [6.07, 6.45) is 2.31. The predicted molar refractivity (Wildman–Crippen MR) is 84.6 cm³/mol. The molecule has 0 aliphatic rings. The lowest BCUT2D eigenvalue weighted by molar-refractivity contribution is 0.758. The first-order valence-electron chi connectivity index (χ1n) is 6.37. The van der Waals surface area contributed by atoms with Gasteiger partial charge < -0.3 is 15.5 Å². The standard InChI is InChI=1S/C14H23N3S/c1-5-6-9-15-14(18)16-12-8-7-11(2)13(10-12)17(3)4/h7-8,10H,5-6,9H2,1-4H3,(H2,15,16,18). The number of anilines is 2. The van der Waals surface area contributed by atoms with E-state index in [-0.39, 0.29) is 0 Å². The van der Waals surface area contributed by atoms with E-state index >= 15 is 0 Å². The Balaban J connectivity index is 2.62. The number of unbranched alkanes of at least 4 members (excludes halogenated alkanes) is 1. The molecule has 0 aromatic heterocycles. The van der Waals surface area contributed by atoms with Crippen molar-refractivity contribution in [2.24, 2.45) is 0 Å². The van der Waals surface area contributed by atoms with E-state index in [9.17, 15) is 0 Å². The highest BCUT2D eigenvalue weighted by Gasteiger charge is 2.03. The fraction of sp³-hybridized carbons (Fsp3) is 0.500. The highest BCUT2D eigenvalue weighted by molar-refractivity contribution is 7.80. The lowest BCUT2D eigenvalue weighted by Gasteiger charge is -2.18. The second-order valence-corrected chi connectivity index (χ2v) is 5.04. The molecule has 0 aliphatic carbocycles. The molecule has 0 amide bonds. The lowest BCUT2D eigenvalue weighted by Crippen LogP contribution is -2.29. The third kappa shape index (κ3) is 4.53. The summed E-state index contributed by atoms with van der Waals surface area (Å²) in [5.74, 6) is 0. The van der Waals surface area contributed by atoms with Crippen LogP contribution < -0.4 is 15.5 Å². The number of thiocarbonyl (C=S) groups is 1. The predicted octanol–water partition coefficient (Wildman–Crippen LogP) is 3.15. The van der Waals surface area contributed by atoms with Gasteiger partial charge in [-0.1, -0.05) is 19.4 Å². The van der Waals surface area contributed by atoms with Gasteiger partial charge in [-0.3, -0.25) is 0 Å². The van der Waals surface area contributed by atoms with Crippen molar-refractivity contribution in [1.82, 2.24) is 5.32 Å². The molecular weight excluding hydrogens is 242 g/mol. The smallest absolute Gasteiger partial charge is 0.170 e. The van der Waals surface area contributed by atoms with Crippen molar-refractivity contribution in [3.63, 3.8) is 0 Å². The van der Waals surface area contributed by atoms with Crippen LogP contribution in [0.15, 0.2) is 18.2 Å². The van der Waals surface area contributed by atoms with Crippen LogP contribution in [-0.4, -0.2) is 25.8 Å². The molecule has 0 saturated carbocycles. The van der Waals surface area contributed by atoms with Gasteiger partial charge in [0.25, 0.3) is 0 Å². The number of nitrogens with one attached hydrogen (secondary N) is 2. The molecule has 0 radical (unpaired) electrons. The fourth-order valence-corrected chi connectivity index (χ4v) is 1.94. The molecule has 0 fully saturated rings. The van der Waals surface area contributed by atoms with Crippen LogP contribution in [0.1, 0.15) is 25.3 Å². The summed E-state index contributed by atoms with van der Waals surface area (Å²) in [6, 6.07) is 6.27. The first-order valence-corrected chi connectivity index (χ1v) is 6.78. The molecule has 0 bridgehead atoms. The molecule has 0 spiro atoms. The van der Waals surface area contributed by atoms with Gasteiger partial charge in [-0.2, -0.15) is 0 Å². The maximum atomic E-state index is 5.26. The molecule has 0 heterocycles. The molecule has 0 unspecified atom stereocenters. The largest absolute Gasteiger partial charge is 0.377 e. The quantitative estimate of drug-likeness (QED) is 0.632. The van der Waals surface area contributed by atoms with Crippen molar-refractivity contribution in [3.8, 4) is 0 Å². The van der Waals surface area contributed by atoms with Crippen molar-refractivity contribution in [3.05, 3.63) is 23.8 Å².